The van der Waals surface area contributed by atoms with E-state index in [4.69, 9.17) is 0 Å². The topological polar surface area (TPSA) is 34.0 Å². The minimum absolute atomic E-state index is 0.409. The van der Waals surface area contributed by atoms with Crippen LogP contribution in [0.1, 0.15) is 26.3 Å². The van der Waals surface area contributed by atoms with E-state index in [1.807, 2.05) is 4.68 Å². The van der Waals surface area contributed by atoms with Crippen LogP contribution in [0.3, 0.4) is 0 Å². The first-order valence-electron chi connectivity index (χ1n) is 8.58. The predicted molar refractivity (Wildman–Crippen MR) is 97.9 cm³/mol. The fourth-order valence-corrected chi connectivity index (χ4v) is 3.53. The number of hydrogen-bond acceptors (Lipinski definition) is 3. The SMILES string of the molecule is CCn1nnc2c1-c1ccccc1N(C(C)C)Cc1ccccc1-2. The fraction of sp³-hybridized carbons (Fsp3) is 0.300. The van der Waals surface area contributed by atoms with Gasteiger partial charge in [-0.15, -0.1) is 5.10 Å². The molecule has 0 bridgehead atoms. The Bertz CT molecular complexity index is 879. The summed E-state index contributed by atoms with van der Waals surface area (Å²) < 4.78 is 2.01. The van der Waals surface area contributed by atoms with Crippen molar-refractivity contribution in [1.82, 2.24) is 15.0 Å². The molecule has 2 aromatic carbocycles. The highest BCUT2D eigenvalue weighted by molar-refractivity contribution is 5.88. The zero-order chi connectivity index (χ0) is 16.7. The lowest BCUT2D eigenvalue weighted by atomic mass is 9.95. The van der Waals surface area contributed by atoms with E-state index in [2.05, 4.69) is 84.5 Å². The van der Waals surface area contributed by atoms with Gasteiger partial charge in [0.05, 0.1) is 5.69 Å². The first kappa shape index (κ1) is 14.9. The van der Waals surface area contributed by atoms with Crippen LogP contribution in [0.2, 0.25) is 0 Å². The summed E-state index contributed by atoms with van der Waals surface area (Å²) in [7, 11) is 0. The van der Waals surface area contributed by atoms with Crippen LogP contribution in [0.25, 0.3) is 22.5 Å². The van der Waals surface area contributed by atoms with Crippen molar-refractivity contribution in [3.05, 3.63) is 54.1 Å². The molecule has 24 heavy (non-hydrogen) atoms. The molecule has 0 N–H and O–H groups in total. The molecule has 4 rings (SSSR count). The summed E-state index contributed by atoms with van der Waals surface area (Å²) in [5, 5.41) is 8.95. The van der Waals surface area contributed by atoms with Crippen LogP contribution >= 0.6 is 0 Å². The van der Waals surface area contributed by atoms with Gasteiger partial charge >= 0.3 is 0 Å². The number of para-hydroxylation sites is 1. The lowest BCUT2D eigenvalue weighted by Gasteiger charge is -2.33. The number of fused-ring (bicyclic) bond motifs is 5. The Morgan fingerprint density at radius 2 is 1.71 bits per heavy atom. The van der Waals surface area contributed by atoms with E-state index in [1.54, 1.807) is 0 Å². The van der Waals surface area contributed by atoms with Gasteiger partial charge < -0.3 is 4.90 Å². The Morgan fingerprint density at radius 3 is 2.46 bits per heavy atom. The normalized spacial score (nSPS) is 13.1. The third kappa shape index (κ3) is 2.21. The minimum atomic E-state index is 0.409. The van der Waals surface area contributed by atoms with Gasteiger partial charge in [-0.05, 0) is 32.4 Å². The predicted octanol–water partition coefficient (Wildman–Crippen LogP) is 4.36. The highest BCUT2D eigenvalue weighted by atomic mass is 15.4. The summed E-state index contributed by atoms with van der Waals surface area (Å²) >= 11 is 0. The van der Waals surface area contributed by atoms with Gasteiger partial charge in [0.2, 0.25) is 0 Å². The van der Waals surface area contributed by atoms with Gasteiger partial charge in [0, 0.05) is 35.9 Å². The molecule has 3 aromatic rings. The molecule has 1 aliphatic rings. The molecule has 0 saturated carbocycles. The smallest absolute Gasteiger partial charge is 0.121 e. The second kappa shape index (κ2) is 5.78. The number of nitrogens with zero attached hydrogens (tertiary/aromatic N) is 4. The quantitative estimate of drug-likeness (QED) is 0.704. The zero-order valence-corrected chi connectivity index (χ0v) is 14.4. The molecule has 4 nitrogen and oxygen atoms in total. The number of hydrogen-bond donors (Lipinski definition) is 0. The summed E-state index contributed by atoms with van der Waals surface area (Å²) in [6.45, 7) is 8.29. The second-order valence-corrected chi connectivity index (χ2v) is 6.50. The molecule has 0 atom stereocenters. The monoisotopic (exact) mass is 318 g/mol. The van der Waals surface area contributed by atoms with Crippen molar-refractivity contribution in [2.24, 2.45) is 0 Å². The maximum absolute atomic E-state index is 4.53. The van der Waals surface area contributed by atoms with Crippen molar-refractivity contribution < 1.29 is 0 Å². The fourth-order valence-electron chi connectivity index (χ4n) is 3.53. The van der Waals surface area contributed by atoms with Crippen molar-refractivity contribution >= 4 is 5.69 Å². The number of rotatable bonds is 2. The summed E-state index contributed by atoms with van der Waals surface area (Å²) in [6, 6.07) is 17.6. The molecular formula is C20H22N4. The Labute approximate surface area is 142 Å². The summed E-state index contributed by atoms with van der Waals surface area (Å²) in [6.07, 6.45) is 0. The molecular weight excluding hydrogens is 296 g/mol. The maximum atomic E-state index is 4.53. The average Bonchev–Trinajstić information content (AvgIpc) is 3.01. The molecule has 0 spiro atoms. The standard InChI is InChI=1S/C20H22N4/c1-4-24-20-17-11-7-8-12-18(17)23(14(2)3)13-15-9-5-6-10-16(15)19(20)21-22-24/h5-12,14H,4,13H2,1-3H3. The van der Waals surface area contributed by atoms with Gasteiger partial charge in [0.15, 0.2) is 0 Å². The third-order valence-corrected chi connectivity index (χ3v) is 4.74. The van der Waals surface area contributed by atoms with Gasteiger partial charge in [-0.2, -0.15) is 0 Å². The van der Waals surface area contributed by atoms with Gasteiger partial charge in [-0.25, -0.2) is 4.68 Å². The van der Waals surface area contributed by atoms with Gasteiger partial charge in [-0.1, -0.05) is 47.7 Å². The molecule has 0 aliphatic carbocycles. The van der Waals surface area contributed by atoms with E-state index in [-0.39, 0.29) is 0 Å². The average molecular weight is 318 g/mol. The maximum Gasteiger partial charge on any atom is 0.121 e. The summed E-state index contributed by atoms with van der Waals surface area (Å²) in [4.78, 5) is 2.46. The molecule has 0 amide bonds. The van der Waals surface area contributed by atoms with Crippen LogP contribution < -0.4 is 4.90 Å². The highest BCUT2D eigenvalue weighted by Gasteiger charge is 2.26. The molecule has 4 heteroatoms. The van der Waals surface area contributed by atoms with Crippen LogP contribution in [0.4, 0.5) is 5.69 Å². The molecule has 0 radical (unpaired) electrons. The van der Waals surface area contributed by atoms with E-state index in [1.165, 1.54) is 22.4 Å². The Kier molecular flexibility index (Phi) is 3.60. The molecule has 0 saturated heterocycles. The lowest BCUT2D eigenvalue weighted by Crippen LogP contribution is -2.31. The van der Waals surface area contributed by atoms with Crippen LogP contribution in [0.5, 0.6) is 0 Å². The van der Waals surface area contributed by atoms with E-state index in [0.29, 0.717) is 6.04 Å². The number of aryl methyl sites for hydroxylation is 1. The van der Waals surface area contributed by atoms with Crippen LogP contribution in [0, 0.1) is 0 Å². The van der Waals surface area contributed by atoms with E-state index < -0.39 is 0 Å². The Balaban J connectivity index is 2.09. The van der Waals surface area contributed by atoms with Crippen LogP contribution in [0.15, 0.2) is 48.5 Å². The molecule has 122 valence electrons. The molecule has 0 unspecified atom stereocenters. The third-order valence-electron chi connectivity index (χ3n) is 4.74. The van der Waals surface area contributed by atoms with Crippen molar-refractivity contribution in [3.8, 4) is 22.5 Å². The summed E-state index contributed by atoms with van der Waals surface area (Å²) in [5.74, 6) is 0. The Hall–Kier alpha value is -2.62. The van der Waals surface area contributed by atoms with Crippen molar-refractivity contribution in [2.75, 3.05) is 4.90 Å². The first-order chi connectivity index (χ1) is 11.7. The van der Waals surface area contributed by atoms with Crippen LogP contribution in [-0.4, -0.2) is 21.0 Å². The molecule has 1 aliphatic heterocycles. The van der Waals surface area contributed by atoms with Crippen LogP contribution in [-0.2, 0) is 13.1 Å². The first-order valence-corrected chi connectivity index (χ1v) is 8.58. The molecule has 0 fully saturated rings. The van der Waals surface area contributed by atoms with Crippen molar-refractivity contribution in [1.29, 1.82) is 0 Å². The number of anilines is 1. The summed E-state index contributed by atoms with van der Waals surface area (Å²) in [5.41, 5.74) is 7.05. The van der Waals surface area contributed by atoms with E-state index in [0.717, 1.165) is 24.5 Å². The van der Waals surface area contributed by atoms with Gasteiger partial charge in [0.25, 0.3) is 0 Å². The lowest BCUT2D eigenvalue weighted by molar-refractivity contribution is 0.632. The van der Waals surface area contributed by atoms with E-state index >= 15 is 0 Å². The van der Waals surface area contributed by atoms with Gasteiger partial charge in [0.1, 0.15) is 5.69 Å². The highest BCUT2D eigenvalue weighted by Crippen LogP contribution is 2.41. The molecule has 2 heterocycles. The largest absolute Gasteiger partial charge is 0.364 e. The number of benzene rings is 2. The van der Waals surface area contributed by atoms with Crippen molar-refractivity contribution in [3.63, 3.8) is 0 Å². The second-order valence-electron chi connectivity index (χ2n) is 6.50. The zero-order valence-electron chi connectivity index (χ0n) is 14.4. The minimum Gasteiger partial charge on any atom is -0.364 e. The van der Waals surface area contributed by atoms with E-state index in [9.17, 15) is 0 Å². The number of aromatic nitrogens is 3. The molecule has 1 aromatic heterocycles. The van der Waals surface area contributed by atoms with Gasteiger partial charge in [-0.3, -0.25) is 0 Å². The Morgan fingerprint density at radius 1 is 1.00 bits per heavy atom. The van der Waals surface area contributed by atoms with Crippen molar-refractivity contribution in [2.45, 2.75) is 39.9 Å².